The summed E-state index contributed by atoms with van der Waals surface area (Å²) in [4.78, 5) is 24.5. The number of methoxy groups -OCH3 is 1. The van der Waals surface area contributed by atoms with Gasteiger partial charge >= 0.3 is 5.63 Å². The highest BCUT2D eigenvalue weighted by atomic mass is 19.1. The second kappa shape index (κ2) is 9.91. The predicted octanol–water partition coefficient (Wildman–Crippen LogP) is 3.77. The van der Waals surface area contributed by atoms with Gasteiger partial charge in [-0.15, -0.1) is 0 Å². The SMILES string of the molecule is COc1ccc2c(C)c(CCC(=O)NCCCOc3ccc(F)cc3)c(=O)oc2c1. The summed E-state index contributed by atoms with van der Waals surface area (Å²) in [7, 11) is 1.55. The van der Waals surface area contributed by atoms with Crippen LogP contribution in [-0.2, 0) is 11.2 Å². The number of benzene rings is 2. The van der Waals surface area contributed by atoms with E-state index in [-0.39, 0.29) is 18.1 Å². The van der Waals surface area contributed by atoms with E-state index in [9.17, 15) is 14.0 Å². The molecule has 7 heteroatoms. The summed E-state index contributed by atoms with van der Waals surface area (Å²) in [5.74, 6) is 0.731. The average Bonchev–Trinajstić information content (AvgIpc) is 2.74. The van der Waals surface area contributed by atoms with Crippen molar-refractivity contribution in [3.63, 3.8) is 0 Å². The molecule has 0 aliphatic rings. The summed E-state index contributed by atoms with van der Waals surface area (Å²) in [6.07, 6.45) is 1.10. The van der Waals surface area contributed by atoms with Gasteiger partial charge in [0.1, 0.15) is 22.9 Å². The van der Waals surface area contributed by atoms with Crippen LogP contribution in [0.1, 0.15) is 24.0 Å². The molecule has 0 saturated carbocycles. The first kappa shape index (κ1) is 21.4. The Morgan fingerprint density at radius 2 is 1.87 bits per heavy atom. The highest BCUT2D eigenvalue weighted by Crippen LogP contribution is 2.24. The van der Waals surface area contributed by atoms with Crippen molar-refractivity contribution in [1.82, 2.24) is 5.32 Å². The van der Waals surface area contributed by atoms with E-state index >= 15 is 0 Å². The minimum atomic E-state index is -0.436. The zero-order valence-corrected chi connectivity index (χ0v) is 17.0. The topological polar surface area (TPSA) is 77.8 Å². The molecule has 3 aromatic rings. The summed E-state index contributed by atoms with van der Waals surface area (Å²) in [6.45, 7) is 2.71. The molecule has 1 heterocycles. The lowest BCUT2D eigenvalue weighted by molar-refractivity contribution is -0.121. The first-order chi connectivity index (χ1) is 14.5. The molecule has 3 rings (SSSR count). The molecular formula is C23H24FNO5. The molecule has 6 nitrogen and oxygen atoms in total. The fourth-order valence-corrected chi connectivity index (χ4v) is 3.14. The van der Waals surface area contributed by atoms with Crippen molar-refractivity contribution in [3.8, 4) is 11.5 Å². The standard InChI is InChI=1S/C23H24FNO5/c1-15-19-9-8-18(28-2)14-21(19)30-23(27)20(15)10-11-22(26)25-12-3-13-29-17-6-4-16(24)5-7-17/h4-9,14H,3,10-13H2,1-2H3,(H,25,26). The fourth-order valence-electron chi connectivity index (χ4n) is 3.14. The van der Waals surface area contributed by atoms with Crippen LogP contribution in [0.4, 0.5) is 4.39 Å². The summed E-state index contributed by atoms with van der Waals surface area (Å²) >= 11 is 0. The van der Waals surface area contributed by atoms with Gasteiger partial charge in [-0.05, 0) is 61.7 Å². The molecular weight excluding hydrogens is 389 g/mol. The lowest BCUT2D eigenvalue weighted by atomic mass is 10.0. The maximum absolute atomic E-state index is 12.8. The van der Waals surface area contributed by atoms with E-state index in [1.807, 2.05) is 13.0 Å². The number of halogens is 1. The number of nitrogens with one attached hydrogen (secondary N) is 1. The monoisotopic (exact) mass is 413 g/mol. The predicted molar refractivity (Wildman–Crippen MR) is 112 cm³/mol. The normalized spacial score (nSPS) is 10.8. The lowest BCUT2D eigenvalue weighted by Gasteiger charge is -2.10. The molecule has 0 atom stereocenters. The number of fused-ring (bicyclic) bond motifs is 1. The molecule has 0 unspecified atom stereocenters. The van der Waals surface area contributed by atoms with E-state index in [0.717, 1.165) is 10.9 Å². The number of rotatable bonds is 9. The summed E-state index contributed by atoms with van der Waals surface area (Å²) in [5.41, 5.74) is 1.34. The minimum absolute atomic E-state index is 0.148. The molecule has 0 spiro atoms. The van der Waals surface area contributed by atoms with Crippen molar-refractivity contribution in [3.05, 3.63) is 69.8 Å². The first-order valence-electron chi connectivity index (χ1n) is 9.73. The molecule has 0 aliphatic heterocycles. The Morgan fingerprint density at radius 3 is 2.60 bits per heavy atom. The molecule has 1 amide bonds. The highest BCUT2D eigenvalue weighted by Gasteiger charge is 2.13. The molecule has 0 bridgehead atoms. The summed E-state index contributed by atoms with van der Waals surface area (Å²) in [5, 5.41) is 3.63. The molecule has 1 aromatic heterocycles. The Bertz CT molecular complexity index is 1080. The largest absolute Gasteiger partial charge is 0.497 e. The van der Waals surface area contributed by atoms with Crippen LogP contribution in [0.5, 0.6) is 11.5 Å². The number of amides is 1. The second-order valence-corrected chi connectivity index (χ2v) is 6.86. The van der Waals surface area contributed by atoms with Gasteiger partial charge in [0.15, 0.2) is 0 Å². The van der Waals surface area contributed by atoms with Gasteiger partial charge in [0.2, 0.25) is 5.91 Å². The number of hydrogen-bond acceptors (Lipinski definition) is 5. The van der Waals surface area contributed by atoms with Crippen molar-refractivity contribution < 1.29 is 23.1 Å². The van der Waals surface area contributed by atoms with Crippen LogP contribution in [0.25, 0.3) is 11.0 Å². The van der Waals surface area contributed by atoms with Crippen LogP contribution < -0.4 is 20.4 Å². The highest BCUT2D eigenvalue weighted by molar-refractivity contribution is 5.82. The van der Waals surface area contributed by atoms with Crippen molar-refractivity contribution >= 4 is 16.9 Å². The molecule has 0 saturated heterocycles. The Balaban J connectivity index is 1.47. The van der Waals surface area contributed by atoms with Gasteiger partial charge in [-0.3, -0.25) is 4.79 Å². The summed E-state index contributed by atoms with van der Waals surface area (Å²) in [6, 6.07) is 11.1. The molecule has 0 fully saturated rings. The van der Waals surface area contributed by atoms with Crippen molar-refractivity contribution in [2.45, 2.75) is 26.2 Å². The van der Waals surface area contributed by atoms with Gasteiger partial charge < -0.3 is 19.2 Å². The Kier molecular flexibility index (Phi) is 7.06. The number of aryl methyl sites for hydroxylation is 1. The molecule has 0 radical (unpaired) electrons. The third-order valence-electron chi connectivity index (χ3n) is 4.82. The molecule has 30 heavy (non-hydrogen) atoms. The van der Waals surface area contributed by atoms with Crippen LogP contribution in [-0.4, -0.2) is 26.2 Å². The van der Waals surface area contributed by atoms with Gasteiger partial charge in [-0.2, -0.15) is 0 Å². The first-order valence-corrected chi connectivity index (χ1v) is 9.73. The van der Waals surface area contributed by atoms with Gasteiger partial charge in [0.25, 0.3) is 0 Å². The van der Waals surface area contributed by atoms with Gasteiger partial charge in [0.05, 0.1) is 13.7 Å². The second-order valence-electron chi connectivity index (χ2n) is 6.86. The maximum Gasteiger partial charge on any atom is 0.339 e. The zero-order valence-electron chi connectivity index (χ0n) is 17.0. The zero-order chi connectivity index (χ0) is 21.5. The fraction of sp³-hybridized carbons (Fsp3) is 0.304. The van der Waals surface area contributed by atoms with E-state index < -0.39 is 5.63 Å². The van der Waals surface area contributed by atoms with Crippen LogP contribution >= 0.6 is 0 Å². The van der Waals surface area contributed by atoms with E-state index in [2.05, 4.69) is 5.32 Å². The number of carbonyl (C=O) groups is 1. The number of carbonyl (C=O) groups excluding carboxylic acids is 1. The van der Waals surface area contributed by atoms with E-state index in [0.29, 0.717) is 48.6 Å². The Morgan fingerprint density at radius 1 is 1.13 bits per heavy atom. The Hall–Kier alpha value is -3.35. The van der Waals surface area contributed by atoms with E-state index in [1.165, 1.54) is 12.1 Å². The third kappa shape index (κ3) is 5.37. The van der Waals surface area contributed by atoms with Crippen LogP contribution in [0.2, 0.25) is 0 Å². The molecule has 0 aliphatic carbocycles. The third-order valence-corrected chi connectivity index (χ3v) is 4.82. The number of hydrogen-bond donors (Lipinski definition) is 1. The van der Waals surface area contributed by atoms with Crippen LogP contribution in [0, 0.1) is 12.7 Å². The van der Waals surface area contributed by atoms with Crippen LogP contribution in [0.3, 0.4) is 0 Å². The minimum Gasteiger partial charge on any atom is -0.497 e. The molecule has 158 valence electrons. The smallest absolute Gasteiger partial charge is 0.339 e. The summed E-state index contributed by atoms with van der Waals surface area (Å²) < 4.78 is 28.9. The Labute approximate surface area is 173 Å². The van der Waals surface area contributed by atoms with Crippen molar-refractivity contribution in [1.29, 1.82) is 0 Å². The quantitative estimate of drug-likeness (QED) is 0.427. The molecule has 2 aromatic carbocycles. The van der Waals surface area contributed by atoms with Crippen LogP contribution in [0.15, 0.2) is 51.7 Å². The van der Waals surface area contributed by atoms with Gasteiger partial charge in [0, 0.05) is 30.0 Å². The van der Waals surface area contributed by atoms with Crippen molar-refractivity contribution in [2.75, 3.05) is 20.3 Å². The maximum atomic E-state index is 12.8. The lowest BCUT2D eigenvalue weighted by Crippen LogP contribution is -2.26. The van der Waals surface area contributed by atoms with E-state index in [4.69, 9.17) is 13.9 Å². The van der Waals surface area contributed by atoms with E-state index in [1.54, 1.807) is 31.4 Å². The number of ether oxygens (including phenoxy) is 2. The van der Waals surface area contributed by atoms with Gasteiger partial charge in [-0.1, -0.05) is 0 Å². The van der Waals surface area contributed by atoms with Crippen molar-refractivity contribution in [2.24, 2.45) is 0 Å². The molecule has 1 N–H and O–H groups in total. The van der Waals surface area contributed by atoms with Gasteiger partial charge in [-0.25, -0.2) is 9.18 Å². The average molecular weight is 413 g/mol.